The minimum Gasteiger partial charge on any atom is -0.362 e. The van der Waals surface area contributed by atoms with E-state index in [1.807, 2.05) is 49.4 Å². The van der Waals surface area contributed by atoms with E-state index in [9.17, 15) is 9.59 Å². The van der Waals surface area contributed by atoms with Crippen LogP contribution in [0.3, 0.4) is 0 Å². The fourth-order valence-electron chi connectivity index (χ4n) is 4.83. The Hall–Kier alpha value is -4.17. The molecule has 180 valence electrons. The number of para-hydroxylation sites is 2. The minimum atomic E-state index is -0.374. The lowest BCUT2D eigenvalue weighted by atomic mass is 10.1. The number of amides is 1. The number of hydrogen-bond donors (Lipinski definition) is 1. The fourth-order valence-corrected chi connectivity index (χ4v) is 5.05. The van der Waals surface area contributed by atoms with Crippen molar-refractivity contribution in [1.82, 2.24) is 19.3 Å². The van der Waals surface area contributed by atoms with Gasteiger partial charge in [-0.25, -0.2) is 9.67 Å². The van der Waals surface area contributed by atoms with Gasteiger partial charge in [0.15, 0.2) is 0 Å². The smallest absolute Gasteiger partial charge is 0.275 e. The molecule has 0 radical (unpaired) electrons. The molecule has 0 aliphatic carbocycles. The lowest BCUT2D eigenvalue weighted by Gasteiger charge is -2.30. The van der Waals surface area contributed by atoms with Crippen LogP contribution in [0.5, 0.6) is 0 Å². The van der Waals surface area contributed by atoms with Crippen LogP contribution in [-0.4, -0.2) is 31.8 Å². The van der Waals surface area contributed by atoms with Gasteiger partial charge in [-0.1, -0.05) is 41.9 Å². The summed E-state index contributed by atoms with van der Waals surface area (Å²) in [5, 5.41) is 8.87. The number of imidazole rings is 1. The average Bonchev–Trinajstić information content (AvgIpc) is 3.26. The number of aromatic nitrogens is 4. The highest BCUT2D eigenvalue weighted by Crippen LogP contribution is 2.30. The molecule has 1 amide bonds. The standard InChI is InChI=1S/C27H23ClN6O2/c1-17-19-6-2-3-7-20(19)27(36)34(31-17)16-26(35)30-22-11-10-18(14-21(22)28)32-12-13-33-24-9-5-4-8-23(24)29-25(33)15-32/h2-11,14H,12-13,15-16H2,1H3,(H,30,35). The van der Waals surface area contributed by atoms with E-state index in [0.29, 0.717) is 28.3 Å². The molecule has 3 aromatic carbocycles. The van der Waals surface area contributed by atoms with Gasteiger partial charge in [-0.15, -0.1) is 0 Å². The molecule has 1 N–H and O–H groups in total. The number of hydrogen-bond acceptors (Lipinski definition) is 5. The monoisotopic (exact) mass is 498 g/mol. The lowest BCUT2D eigenvalue weighted by molar-refractivity contribution is -0.117. The molecule has 0 atom stereocenters. The van der Waals surface area contributed by atoms with Gasteiger partial charge in [0, 0.05) is 24.2 Å². The molecule has 6 rings (SSSR count). The number of rotatable bonds is 4. The van der Waals surface area contributed by atoms with Gasteiger partial charge in [-0.05, 0) is 43.3 Å². The van der Waals surface area contributed by atoms with Crippen LogP contribution in [-0.2, 0) is 24.4 Å². The molecule has 0 saturated heterocycles. The molecule has 9 heteroatoms. The average molecular weight is 499 g/mol. The molecule has 2 aromatic heterocycles. The SMILES string of the molecule is Cc1nn(CC(=O)Nc2ccc(N3CCn4c(nc5ccccc54)C3)cc2Cl)c(=O)c2ccccc12. The molecule has 0 saturated carbocycles. The van der Waals surface area contributed by atoms with Crippen molar-refractivity contribution in [2.75, 3.05) is 16.8 Å². The van der Waals surface area contributed by atoms with Crippen molar-refractivity contribution in [2.24, 2.45) is 0 Å². The Morgan fingerprint density at radius 3 is 2.64 bits per heavy atom. The zero-order chi connectivity index (χ0) is 24.8. The van der Waals surface area contributed by atoms with Gasteiger partial charge >= 0.3 is 0 Å². The van der Waals surface area contributed by atoms with E-state index in [1.165, 1.54) is 4.68 Å². The summed E-state index contributed by atoms with van der Waals surface area (Å²) in [5.41, 5.74) is 3.98. The molecule has 0 bridgehead atoms. The van der Waals surface area contributed by atoms with E-state index in [4.69, 9.17) is 16.6 Å². The van der Waals surface area contributed by atoms with Gasteiger partial charge in [-0.2, -0.15) is 5.10 Å². The summed E-state index contributed by atoms with van der Waals surface area (Å²) in [4.78, 5) is 32.5. The molecule has 1 aliphatic heterocycles. The van der Waals surface area contributed by atoms with E-state index in [-0.39, 0.29) is 18.0 Å². The Kier molecular flexibility index (Phi) is 5.45. The number of anilines is 2. The van der Waals surface area contributed by atoms with E-state index in [2.05, 4.69) is 25.9 Å². The Morgan fingerprint density at radius 2 is 1.81 bits per heavy atom. The molecule has 1 aliphatic rings. The summed E-state index contributed by atoms with van der Waals surface area (Å²) in [6, 6.07) is 21.0. The Balaban J connectivity index is 1.18. The number of fused-ring (bicyclic) bond motifs is 4. The number of nitrogens with one attached hydrogen (secondary N) is 1. The minimum absolute atomic E-state index is 0.203. The molecule has 5 aromatic rings. The predicted molar refractivity (Wildman–Crippen MR) is 142 cm³/mol. The Bertz CT molecular complexity index is 1710. The quantitative estimate of drug-likeness (QED) is 0.398. The first-order chi connectivity index (χ1) is 17.5. The van der Waals surface area contributed by atoms with Crippen molar-refractivity contribution in [1.29, 1.82) is 0 Å². The van der Waals surface area contributed by atoms with Gasteiger partial charge in [0.25, 0.3) is 5.56 Å². The number of carbonyl (C=O) groups is 1. The molecule has 8 nitrogen and oxygen atoms in total. The summed E-state index contributed by atoms with van der Waals surface area (Å²) in [6.45, 7) is 3.95. The highest BCUT2D eigenvalue weighted by molar-refractivity contribution is 6.34. The van der Waals surface area contributed by atoms with Gasteiger partial charge in [0.05, 0.1) is 39.4 Å². The highest BCUT2D eigenvalue weighted by atomic mass is 35.5. The van der Waals surface area contributed by atoms with Crippen molar-refractivity contribution in [3.05, 3.63) is 93.6 Å². The predicted octanol–water partition coefficient (Wildman–Crippen LogP) is 4.37. The summed E-state index contributed by atoms with van der Waals surface area (Å²) in [7, 11) is 0. The third-order valence-corrected chi connectivity index (χ3v) is 6.91. The molecule has 0 unspecified atom stereocenters. The molecular weight excluding hydrogens is 476 g/mol. The van der Waals surface area contributed by atoms with Crippen LogP contribution >= 0.6 is 11.6 Å². The zero-order valence-corrected chi connectivity index (χ0v) is 20.4. The lowest BCUT2D eigenvalue weighted by Crippen LogP contribution is -2.33. The maximum absolute atomic E-state index is 12.8. The topological polar surface area (TPSA) is 85.1 Å². The van der Waals surface area contributed by atoms with Crippen LogP contribution in [0.15, 0.2) is 71.5 Å². The van der Waals surface area contributed by atoms with Crippen molar-refractivity contribution in [3.8, 4) is 0 Å². The van der Waals surface area contributed by atoms with Gasteiger partial charge < -0.3 is 14.8 Å². The largest absolute Gasteiger partial charge is 0.362 e. The molecule has 36 heavy (non-hydrogen) atoms. The molecule has 0 fully saturated rings. The first-order valence-electron chi connectivity index (χ1n) is 11.7. The van der Waals surface area contributed by atoms with Gasteiger partial charge in [-0.3, -0.25) is 9.59 Å². The van der Waals surface area contributed by atoms with Crippen LogP contribution in [0.4, 0.5) is 11.4 Å². The van der Waals surface area contributed by atoms with Crippen LogP contribution in [0.1, 0.15) is 11.5 Å². The third-order valence-electron chi connectivity index (χ3n) is 6.60. The number of carbonyl (C=O) groups excluding carboxylic acids is 1. The second-order valence-electron chi connectivity index (χ2n) is 8.90. The fraction of sp³-hybridized carbons (Fsp3) is 0.185. The molecular formula is C27H23ClN6O2. The van der Waals surface area contributed by atoms with Gasteiger partial charge in [0.1, 0.15) is 12.4 Å². The Labute approximate surface area is 211 Å². The van der Waals surface area contributed by atoms with E-state index in [1.54, 1.807) is 18.2 Å². The van der Waals surface area contributed by atoms with E-state index < -0.39 is 0 Å². The maximum Gasteiger partial charge on any atom is 0.275 e. The molecule has 0 spiro atoms. The van der Waals surface area contributed by atoms with Crippen LogP contribution < -0.4 is 15.8 Å². The summed E-state index contributed by atoms with van der Waals surface area (Å²) >= 11 is 6.55. The maximum atomic E-state index is 12.8. The van der Waals surface area contributed by atoms with E-state index >= 15 is 0 Å². The highest BCUT2D eigenvalue weighted by Gasteiger charge is 2.21. The zero-order valence-electron chi connectivity index (χ0n) is 19.6. The van der Waals surface area contributed by atoms with Crippen LogP contribution in [0.2, 0.25) is 5.02 Å². The molecule has 3 heterocycles. The number of halogens is 1. The number of nitrogens with zero attached hydrogens (tertiary/aromatic N) is 5. The van der Waals surface area contributed by atoms with Crippen molar-refractivity contribution in [3.63, 3.8) is 0 Å². The third kappa shape index (κ3) is 3.89. The number of aryl methyl sites for hydroxylation is 1. The second kappa shape index (κ2) is 8.80. The van der Waals surface area contributed by atoms with Crippen molar-refractivity contribution < 1.29 is 4.79 Å². The first kappa shape index (κ1) is 22.3. The summed E-state index contributed by atoms with van der Waals surface area (Å²) in [5.74, 6) is 0.639. The van der Waals surface area contributed by atoms with E-state index in [0.717, 1.165) is 41.0 Å². The summed E-state index contributed by atoms with van der Waals surface area (Å²) in [6.07, 6.45) is 0. The Morgan fingerprint density at radius 1 is 1.03 bits per heavy atom. The van der Waals surface area contributed by atoms with Crippen molar-refractivity contribution >= 4 is 50.7 Å². The van der Waals surface area contributed by atoms with Crippen LogP contribution in [0.25, 0.3) is 21.8 Å². The first-order valence-corrected chi connectivity index (χ1v) is 12.1. The van der Waals surface area contributed by atoms with Gasteiger partial charge in [0.2, 0.25) is 5.91 Å². The second-order valence-corrected chi connectivity index (χ2v) is 9.30. The van der Waals surface area contributed by atoms with Crippen molar-refractivity contribution in [2.45, 2.75) is 26.6 Å². The van der Waals surface area contributed by atoms with Crippen LogP contribution in [0, 0.1) is 6.92 Å². The number of benzene rings is 3. The summed E-state index contributed by atoms with van der Waals surface area (Å²) < 4.78 is 3.45. The normalized spacial score (nSPS) is 13.2.